The van der Waals surface area contributed by atoms with Crippen LogP contribution in [0.15, 0.2) is 17.3 Å². The lowest BCUT2D eigenvalue weighted by Crippen LogP contribution is -2.36. The molecule has 1 amide bonds. The van der Waals surface area contributed by atoms with Gasteiger partial charge in [-0.1, -0.05) is 0 Å². The maximum atomic E-state index is 12.2. The van der Waals surface area contributed by atoms with Crippen molar-refractivity contribution in [2.75, 3.05) is 7.05 Å². The van der Waals surface area contributed by atoms with Crippen molar-refractivity contribution < 1.29 is 9.90 Å². The van der Waals surface area contributed by atoms with Crippen LogP contribution in [0.4, 0.5) is 0 Å². The summed E-state index contributed by atoms with van der Waals surface area (Å²) in [6.07, 6.45) is 3.64. The molecule has 0 saturated heterocycles. The number of nitrogens with one attached hydrogen (secondary N) is 1. The van der Waals surface area contributed by atoms with Crippen LogP contribution < -0.4 is 10.9 Å². The average Bonchev–Trinajstić information content (AvgIpc) is 2.38. The number of hydrogen-bond acceptors (Lipinski definition) is 4. The first kappa shape index (κ1) is 12.3. The molecule has 1 aliphatic rings. The zero-order valence-electron chi connectivity index (χ0n) is 10.3. The van der Waals surface area contributed by atoms with Crippen LogP contribution in [0.5, 0.6) is 0 Å². The van der Waals surface area contributed by atoms with Gasteiger partial charge in [-0.25, -0.2) is 4.98 Å². The van der Waals surface area contributed by atoms with Crippen molar-refractivity contribution in [3.8, 4) is 0 Å². The molecule has 0 saturated carbocycles. The largest absolute Gasteiger partial charge is 0.515 e. The van der Waals surface area contributed by atoms with E-state index in [9.17, 15) is 9.59 Å². The Bertz CT molecular complexity index is 574. The van der Waals surface area contributed by atoms with Crippen molar-refractivity contribution in [2.24, 2.45) is 0 Å². The second-order valence-electron chi connectivity index (χ2n) is 4.29. The van der Waals surface area contributed by atoms with E-state index in [2.05, 4.69) is 10.3 Å². The predicted octanol–water partition coefficient (Wildman–Crippen LogP) is 0.857. The molecule has 1 aromatic heterocycles. The number of carbonyl (C=O) groups is 1. The second-order valence-corrected chi connectivity index (χ2v) is 4.29. The van der Waals surface area contributed by atoms with Gasteiger partial charge in [-0.05, 0) is 19.8 Å². The lowest BCUT2D eigenvalue weighted by atomic mass is 10.0. The summed E-state index contributed by atoms with van der Waals surface area (Å²) in [5.74, 6) is -0.0102. The van der Waals surface area contributed by atoms with Crippen molar-refractivity contribution in [3.05, 3.63) is 34.2 Å². The molecule has 96 valence electrons. The zero-order chi connectivity index (χ0) is 13.3. The first-order valence-corrected chi connectivity index (χ1v) is 5.77. The number of amides is 1. The fraction of sp³-hybridized carbons (Fsp3) is 0.417. The van der Waals surface area contributed by atoms with E-state index in [1.54, 1.807) is 0 Å². The summed E-state index contributed by atoms with van der Waals surface area (Å²) in [6, 6.07) is -0.0340. The average molecular weight is 249 g/mol. The first-order valence-electron chi connectivity index (χ1n) is 5.77. The summed E-state index contributed by atoms with van der Waals surface area (Å²) < 4.78 is 1.47. The van der Waals surface area contributed by atoms with Gasteiger partial charge in [0.25, 0.3) is 11.5 Å². The van der Waals surface area contributed by atoms with Gasteiger partial charge in [0, 0.05) is 24.9 Å². The van der Waals surface area contributed by atoms with Gasteiger partial charge in [-0.15, -0.1) is 0 Å². The van der Waals surface area contributed by atoms with Crippen LogP contribution in [0.2, 0.25) is 0 Å². The van der Waals surface area contributed by atoms with Crippen LogP contribution in [0.3, 0.4) is 0 Å². The summed E-state index contributed by atoms with van der Waals surface area (Å²) in [5, 5.41) is 11.6. The smallest absolute Gasteiger partial charge is 0.266 e. The van der Waals surface area contributed by atoms with Crippen molar-refractivity contribution in [3.63, 3.8) is 0 Å². The van der Waals surface area contributed by atoms with Gasteiger partial charge >= 0.3 is 0 Å². The third-order valence-corrected chi connectivity index (χ3v) is 3.18. The van der Waals surface area contributed by atoms with Crippen LogP contribution in [0, 0.1) is 0 Å². The lowest BCUT2D eigenvalue weighted by Gasteiger charge is -2.25. The highest BCUT2D eigenvalue weighted by atomic mass is 16.2. The van der Waals surface area contributed by atoms with E-state index in [4.69, 9.17) is 5.11 Å². The van der Waals surface area contributed by atoms with E-state index in [-0.39, 0.29) is 17.2 Å². The van der Waals surface area contributed by atoms with Crippen LogP contribution in [-0.2, 0) is 0 Å². The van der Waals surface area contributed by atoms with Crippen LogP contribution in [0.1, 0.15) is 42.0 Å². The Morgan fingerprint density at radius 3 is 3.00 bits per heavy atom. The maximum absolute atomic E-state index is 12.2. The molecule has 1 unspecified atom stereocenters. The van der Waals surface area contributed by atoms with Gasteiger partial charge in [0.05, 0.1) is 6.26 Å². The second kappa shape index (κ2) is 4.64. The highest BCUT2D eigenvalue weighted by molar-refractivity contribution is 5.93. The van der Waals surface area contributed by atoms with Crippen LogP contribution in [0.25, 0.3) is 5.57 Å². The minimum atomic E-state index is -0.449. The molecular weight excluding hydrogens is 234 g/mol. The molecule has 0 fully saturated rings. The third kappa shape index (κ3) is 1.79. The molecule has 2 rings (SSSR count). The highest BCUT2D eigenvalue weighted by Gasteiger charge is 2.25. The summed E-state index contributed by atoms with van der Waals surface area (Å²) in [4.78, 5) is 27.9. The number of carbonyl (C=O) groups excluding carboxylic acids is 1. The molecule has 0 bridgehead atoms. The fourth-order valence-electron chi connectivity index (χ4n) is 2.13. The van der Waals surface area contributed by atoms with E-state index in [0.717, 1.165) is 12.7 Å². The number of aliphatic hydroxyl groups is 1. The molecule has 18 heavy (non-hydrogen) atoms. The number of rotatable bonds is 1. The third-order valence-electron chi connectivity index (χ3n) is 3.18. The lowest BCUT2D eigenvalue weighted by molar-refractivity contribution is 0.0960. The molecule has 6 nitrogen and oxygen atoms in total. The Labute approximate surface area is 104 Å². The van der Waals surface area contributed by atoms with Gasteiger partial charge in [-0.3, -0.25) is 14.2 Å². The number of fused-ring (bicyclic) bond motifs is 1. The fourth-order valence-corrected chi connectivity index (χ4v) is 2.13. The molecule has 1 atom stereocenters. The predicted molar refractivity (Wildman–Crippen MR) is 66.4 cm³/mol. The topological polar surface area (TPSA) is 84.2 Å². The van der Waals surface area contributed by atoms with Gasteiger partial charge in [0.2, 0.25) is 0 Å². The standard InChI is InChI=1S/C12H15N3O3/c1-7-3-4-8(6-16)10-14-5-9(11(17)13-2)12(18)15(7)10/h5-7,16H,3-4H2,1-2H3,(H,13,17)/b8-6-. The Hall–Kier alpha value is -2.11. The Balaban J connectivity index is 2.67. The molecule has 0 aromatic carbocycles. The number of allylic oxidation sites excluding steroid dienone is 1. The minimum absolute atomic E-state index is 0.0206. The van der Waals surface area contributed by atoms with Crippen molar-refractivity contribution in [1.82, 2.24) is 14.9 Å². The minimum Gasteiger partial charge on any atom is -0.515 e. The Kier molecular flexibility index (Phi) is 3.18. The number of aliphatic hydroxyl groups excluding tert-OH is 1. The van der Waals surface area contributed by atoms with Gasteiger partial charge in [0.15, 0.2) is 0 Å². The van der Waals surface area contributed by atoms with Crippen LogP contribution >= 0.6 is 0 Å². The monoisotopic (exact) mass is 249 g/mol. The number of aromatic nitrogens is 2. The Morgan fingerprint density at radius 1 is 1.67 bits per heavy atom. The normalized spacial score (nSPS) is 20.6. The van der Waals surface area contributed by atoms with Crippen molar-refractivity contribution >= 4 is 11.5 Å². The summed E-state index contributed by atoms with van der Waals surface area (Å²) in [7, 11) is 1.47. The summed E-state index contributed by atoms with van der Waals surface area (Å²) in [5.41, 5.74) is 0.270. The van der Waals surface area contributed by atoms with Crippen molar-refractivity contribution in [1.29, 1.82) is 0 Å². The van der Waals surface area contributed by atoms with Crippen molar-refractivity contribution in [2.45, 2.75) is 25.8 Å². The Morgan fingerprint density at radius 2 is 2.39 bits per heavy atom. The van der Waals surface area contributed by atoms with E-state index < -0.39 is 5.91 Å². The molecule has 6 heteroatoms. The molecule has 1 aliphatic heterocycles. The molecular formula is C12H15N3O3. The summed E-state index contributed by atoms with van der Waals surface area (Å²) in [6.45, 7) is 1.90. The molecule has 0 radical (unpaired) electrons. The molecule has 0 aliphatic carbocycles. The molecule has 2 heterocycles. The van der Waals surface area contributed by atoms with E-state index >= 15 is 0 Å². The van der Waals surface area contributed by atoms with Gasteiger partial charge < -0.3 is 10.4 Å². The molecule has 2 N–H and O–H groups in total. The molecule has 0 spiro atoms. The van der Waals surface area contributed by atoms with E-state index in [0.29, 0.717) is 17.8 Å². The zero-order valence-corrected chi connectivity index (χ0v) is 10.3. The van der Waals surface area contributed by atoms with Crippen LogP contribution in [-0.4, -0.2) is 27.6 Å². The number of hydrogen-bond donors (Lipinski definition) is 2. The first-order chi connectivity index (χ1) is 8.60. The summed E-state index contributed by atoms with van der Waals surface area (Å²) >= 11 is 0. The maximum Gasteiger partial charge on any atom is 0.266 e. The highest BCUT2D eigenvalue weighted by Crippen LogP contribution is 2.29. The quantitative estimate of drug-likeness (QED) is 0.723. The van der Waals surface area contributed by atoms with E-state index in [1.165, 1.54) is 17.8 Å². The molecule has 1 aromatic rings. The van der Waals surface area contributed by atoms with E-state index in [1.807, 2.05) is 6.92 Å². The van der Waals surface area contributed by atoms with Gasteiger partial charge in [-0.2, -0.15) is 0 Å². The van der Waals surface area contributed by atoms with Gasteiger partial charge in [0.1, 0.15) is 11.4 Å². The SMILES string of the molecule is CNC(=O)c1cnc2n(c1=O)C(C)CC/C2=C/O. The number of nitrogens with zero attached hydrogens (tertiary/aromatic N) is 2.